The largest absolute Gasteiger partial charge is 0.359 e. The van der Waals surface area contributed by atoms with Crippen molar-refractivity contribution >= 4 is 23.3 Å². The summed E-state index contributed by atoms with van der Waals surface area (Å²) in [6.45, 7) is 0. The van der Waals surface area contributed by atoms with Gasteiger partial charge in [0.25, 0.3) is 0 Å². The first kappa shape index (κ1) is 12.7. The van der Waals surface area contributed by atoms with Crippen LogP contribution in [0.3, 0.4) is 0 Å². The smallest absolute Gasteiger partial charge is 0.227 e. The van der Waals surface area contributed by atoms with Crippen LogP contribution in [0.2, 0.25) is 5.02 Å². The molecule has 0 unspecified atom stereocenters. The molecule has 0 fully saturated rings. The minimum Gasteiger partial charge on any atom is -0.359 e. The SMILES string of the molecule is CNC(=O)CC(=O)CCc1ccc(Cl)cc1. The molecule has 1 amide bonds. The molecule has 0 saturated carbocycles. The summed E-state index contributed by atoms with van der Waals surface area (Å²) in [5.74, 6) is -0.282. The van der Waals surface area contributed by atoms with Crippen molar-refractivity contribution in [3.63, 3.8) is 0 Å². The molecule has 0 atom stereocenters. The predicted octanol–water partition coefficient (Wildman–Crippen LogP) is 1.98. The molecule has 0 aliphatic carbocycles. The first-order valence-corrected chi connectivity index (χ1v) is 5.46. The quantitative estimate of drug-likeness (QED) is 0.799. The molecule has 0 spiro atoms. The number of carbonyl (C=O) groups is 2. The Morgan fingerprint density at radius 3 is 2.44 bits per heavy atom. The van der Waals surface area contributed by atoms with Crippen LogP contribution in [-0.2, 0) is 16.0 Å². The van der Waals surface area contributed by atoms with E-state index >= 15 is 0 Å². The standard InChI is InChI=1S/C12H14ClNO2/c1-14-12(16)8-11(15)7-4-9-2-5-10(13)6-3-9/h2-3,5-6H,4,7-8H2,1H3,(H,14,16). The van der Waals surface area contributed by atoms with Gasteiger partial charge in [-0.05, 0) is 24.1 Å². The Morgan fingerprint density at radius 1 is 1.25 bits per heavy atom. The fraction of sp³-hybridized carbons (Fsp3) is 0.333. The lowest BCUT2D eigenvalue weighted by Gasteiger charge is -2.01. The molecule has 0 radical (unpaired) electrons. The maximum atomic E-state index is 11.4. The van der Waals surface area contributed by atoms with E-state index in [-0.39, 0.29) is 18.1 Å². The van der Waals surface area contributed by atoms with Gasteiger partial charge in [-0.1, -0.05) is 23.7 Å². The van der Waals surface area contributed by atoms with Crippen molar-refractivity contribution in [2.75, 3.05) is 7.05 Å². The van der Waals surface area contributed by atoms with E-state index in [1.165, 1.54) is 7.05 Å². The van der Waals surface area contributed by atoms with Gasteiger partial charge in [0.2, 0.25) is 5.91 Å². The van der Waals surface area contributed by atoms with Gasteiger partial charge >= 0.3 is 0 Å². The summed E-state index contributed by atoms with van der Waals surface area (Å²) in [5, 5.41) is 3.11. The number of aryl methyl sites for hydroxylation is 1. The molecule has 0 bridgehead atoms. The molecular weight excluding hydrogens is 226 g/mol. The first-order valence-electron chi connectivity index (χ1n) is 5.08. The average molecular weight is 240 g/mol. The molecule has 1 N–H and O–H groups in total. The highest BCUT2D eigenvalue weighted by Gasteiger charge is 2.07. The second-order valence-corrected chi connectivity index (χ2v) is 3.95. The summed E-state index contributed by atoms with van der Waals surface area (Å²) in [4.78, 5) is 22.3. The summed E-state index contributed by atoms with van der Waals surface area (Å²) in [6, 6.07) is 7.35. The van der Waals surface area contributed by atoms with E-state index in [9.17, 15) is 9.59 Å². The number of benzene rings is 1. The highest BCUT2D eigenvalue weighted by Crippen LogP contribution is 2.11. The van der Waals surface area contributed by atoms with Gasteiger partial charge in [0.05, 0.1) is 6.42 Å². The second kappa shape index (κ2) is 6.28. The number of nitrogens with one attached hydrogen (secondary N) is 1. The molecule has 3 nitrogen and oxygen atoms in total. The molecule has 1 rings (SSSR count). The predicted molar refractivity (Wildman–Crippen MR) is 63.5 cm³/mol. The maximum Gasteiger partial charge on any atom is 0.227 e. The normalized spacial score (nSPS) is 9.88. The van der Waals surface area contributed by atoms with Crippen LogP contribution >= 0.6 is 11.6 Å². The van der Waals surface area contributed by atoms with Gasteiger partial charge in [-0.15, -0.1) is 0 Å². The van der Waals surface area contributed by atoms with E-state index in [0.29, 0.717) is 17.9 Å². The van der Waals surface area contributed by atoms with Crippen molar-refractivity contribution in [3.8, 4) is 0 Å². The maximum absolute atomic E-state index is 11.4. The number of ketones is 1. The third kappa shape index (κ3) is 4.45. The van der Waals surface area contributed by atoms with E-state index in [1.54, 1.807) is 12.1 Å². The van der Waals surface area contributed by atoms with Gasteiger partial charge < -0.3 is 5.32 Å². The Bertz CT molecular complexity index is 373. The summed E-state index contributed by atoms with van der Waals surface area (Å²) in [6.07, 6.45) is 0.992. The number of rotatable bonds is 5. The van der Waals surface area contributed by atoms with E-state index in [1.807, 2.05) is 12.1 Å². The molecular formula is C12H14ClNO2. The molecule has 0 saturated heterocycles. The van der Waals surface area contributed by atoms with E-state index in [2.05, 4.69) is 5.32 Å². The Hall–Kier alpha value is -1.35. The average Bonchev–Trinajstić information content (AvgIpc) is 2.28. The van der Waals surface area contributed by atoms with Crippen LogP contribution in [0.15, 0.2) is 24.3 Å². The van der Waals surface area contributed by atoms with Crippen LogP contribution in [0.25, 0.3) is 0 Å². The van der Waals surface area contributed by atoms with Crippen molar-refractivity contribution in [1.29, 1.82) is 0 Å². The fourth-order valence-corrected chi connectivity index (χ4v) is 1.42. The van der Waals surface area contributed by atoms with Gasteiger partial charge in [-0.2, -0.15) is 0 Å². The van der Waals surface area contributed by atoms with Crippen molar-refractivity contribution in [2.24, 2.45) is 0 Å². The zero-order chi connectivity index (χ0) is 12.0. The Labute approximate surface area is 99.8 Å². The van der Waals surface area contributed by atoms with Crippen LogP contribution in [0.4, 0.5) is 0 Å². The lowest BCUT2D eigenvalue weighted by molar-refractivity contribution is -0.127. The molecule has 1 aromatic carbocycles. The van der Waals surface area contributed by atoms with Crippen LogP contribution in [0.5, 0.6) is 0 Å². The summed E-state index contributed by atoms with van der Waals surface area (Å²) in [5.41, 5.74) is 1.05. The zero-order valence-electron chi connectivity index (χ0n) is 9.13. The van der Waals surface area contributed by atoms with Crippen molar-refractivity contribution in [1.82, 2.24) is 5.32 Å². The van der Waals surface area contributed by atoms with Crippen molar-refractivity contribution < 1.29 is 9.59 Å². The molecule has 16 heavy (non-hydrogen) atoms. The number of hydrogen-bond acceptors (Lipinski definition) is 2. The minimum absolute atomic E-state index is 0.0376. The minimum atomic E-state index is -0.235. The van der Waals surface area contributed by atoms with Gasteiger partial charge in [-0.25, -0.2) is 0 Å². The number of hydrogen-bond donors (Lipinski definition) is 1. The summed E-state index contributed by atoms with van der Waals surface area (Å²) >= 11 is 5.74. The lowest BCUT2D eigenvalue weighted by Crippen LogP contribution is -2.21. The second-order valence-electron chi connectivity index (χ2n) is 3.52. The molecule has 86 valence electrons. The lowest BCUT2D eigenvalue weighted by atomic mass is 10.1. The van der Waals surface area contributed by atoms with Gasteiger partial charge in [0, 0.05) is 18.5 Å². The zero-order valence-corrected chi connectivity index (χ0v) is 9.88. The molecule has 0 aliphatic heterocycles. The van der Waals surface area contributed by atoms with E-state index in [0.717, 1.165) is 5.56 Å². The first-order chi connectivity index (χ1) is 7.61. The van der Waals surface area contributed by atoms with Crippen molar-refractivity contribution in [2.45, 2.75) is 19.3 Å². The third-order valence-corrected chi connectivity index (χ3v) is 2.49. The Kier molecular flexibility index (Phi) is 4.99. The highest BCUT2D eigenvalue weighted by molar-refractivity contribution is 6.30. The number of Topliss-reactive ketones (excluding diaryl/α,β-unsaturated/α-hetero) is 1. The van der Waals surface area contributed by atoms with E-state index in [4.69, 9.17) is 11.6 Å². The molecule has 4 heteroatoms. The number of carbonyl (C=O) groups excluding carboxylic acids is 2. The summed E-state index contributed by atoms with van der Waals surface area (Å²) in [7, 11) is 1.52. The Balaban J connectivity index is 2.37. The monoisotopic (exact) mass is 239 g/mol. The van der Waals surface area contributed by atoms with Crippen LogP contribution in [-0.4, -0.2) is 18.7 Å². The molecule has 0 aromatic heterocycles. The molecule has 0 aliphatic rings. The topological polar surface area (TPSA) is 46.2 Å². The molecule has 0 heterocycles. The van der Waals surface area contributed by atoms with Crippen LogP contribution in [0.1, 0.15) is 18.4 Å². The van der Waals surface area contributed by atoms with Crippen molar-refractivity contribution in [3.05, 3.63) is 34.9 Å². The number of halogens is 1. The molecule has 1 aromatic rings. The van der Waals surface area contributed by atoms with E-state index < -0.39 is 0 Å². The fourth-order valence-electron chi connectivity index (χ4n) is 1.29. The van der Waals surface area contributed by atoms with Gasteiger partial charge in [0.1, 0.15) is 5.78 Å². The third-order valence-electron chi connectivity index (χ3n) is 2.24. The van der Waals surface area contributed by atoms with Gasteiger partial charge in [0.15, 0.2) is 0 Å². The highest BCUT2D eigenvalue weighted by atomic mass is 35.5. The number of amides is 1. The van der Waals surface area contributed by atoms with Gasteiger partial charge in [-0.3, -0.25) is 9.59 Å². The van der Waals surface area contributed by atoms with Crippen LogP contribution < -0.4 is 5.32 Å². The van der Waals surface area contributed by atoms with Crippen LogP contribution in [0, 0.1) is 0 Å². The summed E-state index contributed by atoms with van der Waals surface area (Å²) < 4.78 is 0. The Morgan fingerprint density at radius 2 is 1.88 bits per heavy atom.